The van der Waals surface area contributed by atoms with Crippen LogP contribution in [-0.2, 0) is 23.8 Å². The van der Waals surface area contributed by atoms with Crippen LogP contribution in [-0.4, -0.2) is 81.2 Å². The molecule has 0 aliphatic carbocycles. The van der Waals surface area contributed by atoms with Crippen molar-refractivity contribution in [1.82, 2.24) is 10.2 Å². The van der Waals surface area contributed by atoms with Gasteiger partial charge in [0.15, 0.2) is 0 Å². The molecule has 0 aromatic rings. The molecule has 23 heavy (non-hydrogen) atoms. The predicted octanol–water partition coefficient (Wildman–Crippen LogP) is -0.943. The van der Waals surface area contributed by atoms with E-state index in [2.05, 4.69) is 11.9 Å². The van der Waals surface area contributed by atoms with E-state index in [1.165, 1.54) is 11.0 Å². The van der Waals surface area contributed by atoms with E-state index < -0.39 is 0 Å². The lowest BCUT2D eigenvalue weighted by molar-refractivity contribution is -0.130. The van der Waals surface area contributed by atoms with Crippen LogP contribution in [0.25, 0.3) is 0 Å². The number of aliphatic hydroxyl groups is 1. The molecule has 0 aromatic heterocycles. The van der Waals surface area contributed by atoms with E-state index in [1.807, 2.05) is 0 Å². The van der Waals surface area contributed by atoms with Gasteiger partial charge in [0.05, 0.1) is 46.2 Å². The van der Waals surface area contributed by atoms with Crippen molar-refractivity contribution < 1.29 is 28.9 Å². The predicted molar refractivity (Wildman–Crippen MR) is 82.5 cm³/mol. The molecule has 2 N–H and O–H groups in total. The first kappa shape index (κ1) is 19.3. The van der Waals surface area contributed by atoms with Gasteiger partial charge in [-0.1, -0.05) is 6.58 Å². The topological polar surface area (TPSA) is 97.3 Å². The van der Waals surface area contributed by atoms with Crippen molar-refractivity contribution in [3.63, 3.8) is 0 Å². The van der Waals surface area contributed by atoms with Crippen molar-refractivity contribution in [3.8, 4) is 0 Å². The maximum atomic E-state index is 11.7. The van der Waals surface area contributed by atoms with Crippen molar-refractivity contribution in [2.24, 2.45) is 0 Å². The highest BCUT2D eigenvalue weighted by atomic mass is 16.5. The third-order valence-corrected chi connectivity index (χ3v) is 2.88. The zero-order valence-electron chi connectivity index (χ0n) is 13.2. The Morgan fingerprint density at radius 3 is 2.26 bits per heavy atom. The van der Waals surface area contributed by atoms with Crippen molar-refractivity contribution in [3.05, 3.63) is 24.4 Å². The first-order valence-corrected chi connectivity index (χ1v) is 7.44. The summed E-state index contributed by atoms with van der Waals surface area (Å²) in [7, 11) is 0. The third-order valence-electron chi connectivity index (χ3n) is 2.88. The van der Waals surface area contributed by atoms with E-state index in [1.54, 1.807) is 6.08 Å². The van der Waals surface area contributed by atoms with E-state index in [0.717, 1.165) is 0 Å². The average molecular weight is 328 g/mol. The molecule has 0 atom stereocenters. The molecule has 0 radical (unpaired) electrons. The van der Waals surface area contributed by atoms with Gasteiger partial charge in [-0.3, -0.25) is 9.59 Å². The molecule has 8 heteroatoms. The van der Waals surface area contributed by atoms with Gasteiger partial charge in [0.1, 0.15) is 6.54 Å². The van der Waals surface area contributed by atoms with Crippen LogP contribution in [0.5, 0.6) is 0 Å². The summed E-state index contributed by atoms with van der Waals surface area (Å²) >= 11 is 0. The largest absolute Gasteiger partial charge is 0.394 e. The summed E-state index contributed by atoms with van der Waals surface area (Å²) in [4.78, 5) is 24.4. The molecule has 0 aromatic carbocycles. The van der Waals surface area contributed by atoms with Gasteiger partial charge in [0.25, 0.3) is 5.91 Å². The number of hydrogen-bond acceptors (Lipinski definition) is 6. The molecular weight excluding hydrogens is 304 g/mol. The highest BCUT2D eigenvalue weighted by Gasteiger charge is 2.20. The summed E-state index contributed by atoms with van der Waals surface area (Å²) < 4.78 is 15.6. The number of carbonyl (C=O) groups excluding carboxylic acids is 2. The molecule has 1 rings (SSSR count). The van der Waals surface area contributed by atoms with Crippen LogP contribution in [0.3, 0.4) is 0 Å². The van der Waals surface area contributed by atoms with Crippen LogP contribution in [0, 0.1) is 0 Å². The summed E-state index contributed by atoms with van der Waals surface area (Å²) in [5, 5.41) is 11.2. The van der Waals surface area contributed by atoms with Gasteiger partial charge < -0.3 is 29.5 Å². The van der Waals surface area contributed by atoms with E-state index in [-0.39, 0.29) is 25.0 Å². The Morgan fingerprint density at radius 1 is 1.09 bits per heavy atom. The molecule has 1 heterocycles. The molecule has 0 spiro atoms. The number of rotatable bonds is 13. The Bertz CT molecular complexity index is 406. The highest BCUT2D eigenvalue weighted by Crippen LogP contribution is 2.11. The van der Waals surface area contributed by atoms with Gasteiger partial charge in [0.2, 0.25) is 5.91 Å². The second-order valence-corrected chi connectivity index (χ2v) is 4.66. The molecular formula is C15H24N2O6. The van der Waals surface area contributed by atoms with Crippen molar-refractivity contribution in [2.45, 2.75) is 0 Å². The maximum Gasteiger partial charge on any atom is 0.251 e. The number of ether oxygens (including phenoxy) is 3. The average Bonchev–Trinajstić information content (AvgIpc) is 2.84. The van der Waals surface area contributed by atoms with Gasteiger partial charge in [0, 0.05) is 18.3 Å². The molecule has 0 saturated carbocycles. The standard InChI is InChI=1S/C15H24N2O6/c1-13-2-3-15(20)17(13)12-14(19)16-4-6-21-8-10-23-11-9-22-7-5-18/h2-3,18H,1,4-12H2,(H,16,19). The van der Waals surface area contributed by atoms with Gasteiger partial charge >= 0.3 is 0 Å². The number of nitrogens with zero attached hydrogens (tertiary/aromatic N) is 1. The minimum Gasteiger partial charge on any atom is -0.394 e. The Morgan fingerprint density at radius 2 is 1.70 bits per heavy atom. The lowest BCUT2D eigenvalue weighted by atomic mass is 10.4. The Hall–Kier alpha value is -1.74. The summed E-state index contributed by atoms with van der Waals surface area (Å²) in [5.74, 6) is -0.495. The van der Waals surface area contributed by atoms with Crippen LogP contribution < -0.4 is 5.32 Å². The Labute approximate surface area is 135 Å². The molecule has 1 aliphatic heterocycles. The first-order valence-electron chi connectivity index (χ1n) is 7.44. The van der Waals surface area contributed by atoms with Crippen LogP contribution >= 0.6 is 0 Å². The molecule has 130 valence electrons. The molecule has 0 bridgehead atoms. The van der Waals surface area contributed by atoms with E-state index in [0.29, 0.717) is 51.9 Å². The van der Waals surface area contributed by atoms with Crippen molar-refractivity contribution in [1.29, 1.82) is 0 Å². The fourth-order valence-electron chi connectivity index (χ4n) is 1.74. The van der Waals surface area contributed by atoms with Gasteiger partial charge in [-0.2, -0.15) is 0 Å². The van der Waals surface area contributed by atoms with Crippen molar-refractivity contribution in [2.75, 3.05) is 59.3 Å². The highest BCUT2D eigenvalue weighted by molar-refractivity contribution is 5.96. The number of carbonyl (C=O) groups is 2. The van der Waals surface area contributed by atoms with E-state index >= 15 is 0 Å². The molecule has 1 aliphatic rings. The maximum absolute atomic E-state index is 11.7. The fraction of sp³-hybridized carbons (Fsp3) is 0.600. The zero-order valence-corrected chi connectivity index (χ0v) is 13.2. The molecule has 0 saturated heterocycles. The second-order valence-electron chi connectivity index (χ2n) is 4.66. The summed E-state index contributed by atoms with van der Waals surface area (Å²) in [6, 6.07) is 0. The molecule has 0 unspecified atom stereocenters. The van der Waals surface area contributed by atoms with E-state index in [9.17, 15) is 9.59 Å². The molecule has 8 nitrogen and oxygen atoms in total. The third kappa shape index (κ3) is 8.46. The fourth-order valence-corrected chi connectivity index (χ4v) is 1.74. The molecule has 2 amide bonds. The van der Waals surface area contributed by atoms with Crippen LogP contribution in [0.1, 0.15) is 0 Å². The summed E-state index contributed by atoms with van der Waals surface area (Å²) in [5.41, 5.74) is 0.515. The van der Waals surface area contributed by atoms with Gasteiger partial charge in [-0.15, -0.1) is 0 Å². The summed E-state index contributed by atoms with van der Waals surface area (Å²) in [6.45, 7) is 6.42. The lowest BCUT2D eigenvalue weighted by Gasteiger charge is -2.16. The number of nitrogens with one attached hydrogen (secondary N) is 1. The Kier molecular flexibility index (Phi) is 9.89. The monoisotopic (exact) mass is 328 g/mol. The van der Waals surface area contributed by atoms with Crippen LogP contribution in [0.2, 0.25) is 0 Å². The lowest BCUT2D eigenvalue weighted by Crippen LogP contribution is -2.38. The number of hydrogen-bond donors (Lipinski definition) is 2. The molecule has 0 fully saturated rings. The first-order chi connectivity index (χ1) is 11.1. The number of allylic oxidation sites excluding steroid dienone is 1. The normalized spacial score (nSPS) is 13.9. The van der Waals surface area contributed by atoms with E-state index in [4.69, 9.17) is 19.3 Å². The SMILES string of the molecule is C=C1C=CC(=O)N1CC(=O)NCCOCCOCCOCCO. The van der Waals surface area contributed by atoms with Gasteiger partial charge in [-0.25, -0.2) is 0 Å². The Balaban J connectivity index is 1.90. The van der Waals surface area contributed by atoms with Crippen LogP contribution in [0.4, 0.5) is 0 Å². The quantitative estimate of drug-likeness (QED) is 0.423. The van der Waals surface area contributed by atoms with Crippen molar-refractivity contribution >= 4 is 11.8 Å². The van der Waals surface area contributed by atoms with Crippen LogP contribution in [0.15, 0.2) is 24.4 Å². The number of aliphatic hydroxyl groups excluding tert-OH is 1. The zero-order chi connectivity index (χ0) is 16.9. The second kappa shape index (κ2) is 11.8. The minimum atomic E-state index is -0.260. The summed E-state index contributed by atoms with van der Waals surface area (Å²) in [6.07, 6.45) is 2.96. The number of amides is 2. The smallest absolute Gasteiger partial charge is 0.251 e. The minimum absolute atomic E-state index is 0.00533. The van der Waals surface area contributed by atoms with Gasteiger partial charge in [-0.05, 0) is 6.08 Å².